The molecule has 1 amide bonds. The predicted molar refractivity (Wildman–Crippen MR) is 90.3 cm³/mol. The fourth-order valence-electron chi connectivity index (χ4n) is 2.51. The predicted octanol–water partition coefficient (Wildman–Crippen LogP) is 1.50. The van der Waals surface area contributed by atoms with E-state index in [0.29, 0.717) is 18.9 Å². The number of rotatable bonds is 4. The van der Waals surface area contributed by atoms with Crippen LogP contribution in [0.3, 0.4) is 0 Å². The Bertz CT molecular complexity index is 854. The second-order valence-electron chi connectivity index (χ2n) is 5.52. The third-order valence-electron chi connectivity index (χ3n) is 3.82. The Morgan fingerprint density at radius 3 is 2.83 bits per heavy atom. The lowest BCUT2D eigenvalue weighted by Crippen LogP contribution is -2.52. The van der Waals surface area contributed by atoms with Gasteiger partial charge in [-0.25, -0.2) is 19.6 Å². The molecule has 1 aliphatic heterocycles. The molecule has 0 atom stereocenters. The molecule has 0 saturated carbocycles. The number of nitrogens with zero attached hydrogens (tertiary/aromatic N) is 6. The molecule has 1 N–H and O–H groups in total. The standard InChI is InChI=1S/C15H15N7OS/c1-10-16-6-14(24-10)20-15(23)11-7-21(8-11)12-5-13(18-9-17-12)22-4-2-3-19-22/h2-6,9,11H,7-8H2,1H3,(H,20,23). The maximum absolute atomic E-state index is 12.2. The van der Waals surface area contributed by atoms with Gasteiger partial charge in [0.25, 0.3) is 0 Å². The van der Waals surface area contributed by atoms with Gasteiger partial charge in [-0.2, -0.15) is 5.10 Å². The number of carbonyl (C=O) groups is 1. The van der Waals surface area contributed by atoms with E-state index in [9.17, 15) is 4.79 Å². The van der Waals surface area contributed by atoms with Gasteiger partial charge in [-0.3, -0.25) is 4.79 Å². The van der Waals surface area contributed by atoms with Gasteiger partial charge in [-0.05, 0) is 13.0 Å². The van der Waals surface area contributed by atoms with Gasteiger partial charge in [-0.1, -0.05) is 0 Å². The molecule has 3 aromatic heterocycles. The molecule has 0 radical (unpaired) electrons. The number of anilines is 2. The van der Waals surface area contributed by atoms with Crippen molar-refractivity contribution >= 4 is 28.1 Å². The van der Waals surface area contributed by atoms with Crippen molar-refractivity contribution in [1.82, 2.24) is 24.7 Å². The normalized spacial score (nSPS) is 14.5. The van der Waals surface area contributed by atoms with Crippen LogP contribution in [0.2, 0.25) is 0 Å². The maximum atomic E-state index is 12.2. The van der Waals surface area contributed by atoms with Crippen molar-refractivity contribution in [2.45, 2.75) is 6.92 Å². The Labute approximate surface area is 142 Å². The largest absolute Gasteiger partial charge is 0.355 e. The minimum atomic E-state index is -0.0458. The van der Waals surface area contributed by atoms with Crippen LogP contribution in [0.25, 0.3) is 5.82 Å². The highest BCUT2D eigenvalue weighted by atomic mass is 32.1. The third kappa shape index (κ3) is 2.85. The van der Waals surface area contributed by atoms with Crippen molar-refractivity contribution in [3.8, 4) is 5.82 Å². The van der Waals surface area contributed by atoms with E-state index in [2.05, 4.69) is 30.3 Å². The highest BCUT2D eigenvalue weighted by Gasteiger charge is 2.34. The summed E-state index contributed by atoms with van der Waals surface area (Å²) in [4.78, 5) is 26.9. The first kappa shape index (κ1) is 14.8. The van der Waals surface area contributed by atoms with E-state index in [0.717, 1.165) is 15.8 Å². The lowest BCUT2D eigenvalue weighted by molar-refractivity contribution is -0.120. The third-order valence-corrected chi connectivity index (χ3v) is 4.65. The molecule has 9 heteroatoms. The summed E-state index contributed by atoms with van der Waals surface area (Å²) < 4.78 is 1.68. The molecule has 1 aliphatic rings. The smallest absolute Gasteiger partial charge is 0.231 e. The van der Waals surface area contributed by atoms with Crippen molar-refractivity contribution in [3.05, 3.63) is 42.1 Å². The van der Waals surface area contributed by atoms with E-state index in [4.69, 9.17) is 0 Å². The molecule has 122 valence electrons. The summed E-state index contributed by atoms with van der Waals surface area (Å²) in [6.07, 6.45) is 6.73. The first-order valence-corrected chi connectivity index (χ1v) is 8.31. The minimum Gasteiger partial charge on any atom is -0.355 e. The topological polar surface area (TPSA) is 88.8 Å². The van der Waals surface area contributed by atoms with Crippen molar-refractivity contribution in [2.24, 2.45) is 5.92 Å². The van der Waals surface area contributed by atoms with Crippen LogP contribution in [-0.4, -0.2) is 43.7 Å². The second kappa shape index (κ2) is 6.00. The number of nitrogens with one attached hydrogen (secondary N) is 1. The highest BCUT2D eigenvalue weighted by molar-refractivity contribution is 7.15. The van der Waals surface area contributed by atoms with Crippen molar-refractivity contribution in [3.63, 3.8) is 0 Å². The number of aryl methyl sites for hydroxylation is 1. The van der Waals surface area contributed by atoms with Gasteiger partial charge in [0.1, 0.15) is 17.1 Å². The molecule has 0 bridgehead atoms. The Balaban J connectivity index is 1.39. The van der Waals surface area contributed by atoms with Gasteiger partial charge in [0.2, 0.25) is 5.91 Å². The van der Waals surface area contributed by atoms with Gasteiger partial charge in [0.15, 0.2) is 5.82 Å². The molecule has 3 aromatic rings. The average Bonchev–Trinajstić information content (AvgIpc) is 3.18. The zero-order chi connectivity index (χ0) is 16.5. The summed E-state index contributed by atoms with van der Waals surface area (Å²) in [6, 6.07) is 3.71. The molecule has 8 nitrogen and oxygen atoms in total. The first-order chi connectivity index (χ1) is 11.7. The van der Waals surface area contributed by atoms with E-state index in [1.165, 1.54) is 17.7 Å². The number of carbonyl (C=O) groups excluding carboxylic acids is 1. The number of hydrogen-bond donors (Lipinski definition) is 1. The van der Waals surface area contributed by atoms with E-state index in [1.54, 1.807) is 17.1 Å². The van der Waals surface area contributed by atoms with E-state index in [1.807, 2.05) is 25.3 Å². The van der Waals surface area contributed by atoms with E-state index >= 15 is 0 Å². The number of amides is 1. The van der Waals surface area contributed by atoms with Crippen LogP contribution in [0.1, 0.15) is 5.01 Å². The van der Waals surface area contributed by atoms with Crippen LogP contribution >= 0.6 is 11.3 Å². The molecular formula is C15H15N7OS. The van der Waals surface area contributed by atoms with Crippen LogP contribution in [0.4, 0.5) is 10.8 Å². The number of thiazole rings is 1. The average molecular weight is 341 g/mol. The summed E-state index contributed by atoms with van der Waals surface area (Å²) in [6.45, 7) is 3.19. The van der Waals surface area contributed by atoms with Crippen molar-refractivity contribution in [2.75, 3.05) is 23.3 Å². The van der Waals surface area contributed by atoms with Crippen LogP contribution in [0.5, 0.6) is 0 Å². The van der Waals surface area contributed by atoms with E-state index < -0.39 is 0 Å². The zero-order valence-corrected chi connectivity index (χ0v) is 13.8. The Hall–Kier alpha value is -2.81. The van der Waals surface area contributed by atoms with Gasteiger partial charge in [0.05, 0.1) is 17.1 Å². The molecular weight excluding hydrogens is 326 g/mol. The summed E-state index contributed by atoms with van der Waals surface area (Å²) in [5.74, 6) is 1.48. The van der Waals surface area contributed by atoms with E-state index in [-0.39, 0.29) is 11.8 Å². The second-order valence-corrected chi connectivity index (χ2v) is 6.75. The monoisotopic (exact) mass is 341 g/mol. The maximum Gasteiger partial charge on any atom is 0.231 e. The SMILES string of the molecule is Cc1ncc(NC(=O)C2CN(c3cc(-n4cccn4)ncn3)C2)s1. The lowest BCUT2D eigenvalue weighted by atomic mass is 9.99. The highest BCUT2D eigenvalue weighted by Crippen LogP contribution is 2.25. The van der Waals surface area contributed by atoms with Gasteiger partial charge in [0, 0.05) is 31.5 Å². The fraction of sp³-hybridized carbons (Fsp3) is 0.267. The Morgan fingerprint density at radius 2 is 2.12 bits per heavy atom. The molecule has 0 unspecified atom stereocenters. The molecule has 4 heterocycles. The number of hydrogen-bond acceptors (Lipinski definition) is 7. The molecule has 4 rings (SSSR count). The summed E-state index contributed by atoms with van der Waals surface area (Å²) in [7, 11) is 0. The van der Waals surface area contributed by atoms with Gasteiger partial charge >= 0.3 is 0 Å². The Kier molecular flexibility index (Phi) is 3.69. The van der Waals surface area contributed by atoms with Crippen LogP contribution in [0, 0.1) is 12.8 Å². The molecule has 24 heavy (non-hydrogen) atoms. The minimum absolute atomic E-state index is 0.0243. The molecule has 0 aromatic carbocycles. The molecule has 1 saturated heterocycles. The Morgan fingerprint density at radius 1 is 1.29 bits per heavy atom. The van der Waals surface area contributed by atoms with Gasteiger partial charge < -0.3 is 10.2 Å². The lowest BCUT2D eigenvalue weighted by Gasteiger charge is -2.38. The molecule has 1 fully saturated rings. The fourth-order valence-corrected chi connectivity index (χ4v) is 3.19. The zero-order valence-electron chi connectivity index (χ0n) is 13.0. The van der Waals surface area contributed by atoms with Crippen LogP contribution < -0.4 is 10.2 Å². The van der Waals surface area contributed by atoms with Gasteiger partial charge in [-0.15, -0.1) is 11.3 Å². The molecule has 0 aliphatic carbocycles. The van der Waals surface area contributed by atoms with Crippen LogP contribution in [0.15, 0.2) is 37.1 Å². The van der Waals surface area contributed by atoms with Crippen LogP contribution in [-0.2, 0) is 4.79 Å². The first-order valence-electron chi connectivity index (χ1n) is 7.49. The van der Waals surface area contributed by atoms with Crippen molar-refractivity contribution < 1.29 is 4.79 Å². The number of aromatic nitrogens is 5. The summed E-state index contributed by atoms with van der Waals surface area (Å²) >= 11 is 1.48. The van der Waals surface area contributed by atoms with Crippen molar-refractivity contribution in [1.29, 1.82) is 0 Å². The quantitative estimate of drug-likeness (QED) is 0.774. The summed E-state index contributed by atoms with van der Waals surface area (Å²) in [5.41, 5.74) is 0. The molecule has 0 spiro atoms. The summed E-state index contributed by atoms with van der Waals surface area (Å²) in [5, 5.41) is 8.80.